The molecule has 18 heavy (non-hydrogen) atoms. The molecule has 1 atom stereocenters. The standard InChI is InChI=1S/C13H29N3O2/c1-7-8-14-13(2,12(17)18-6)11-16(5)10-9-15(3)4/h14H,7-11H2,1-6H3. The lowest BCUT2D eigenvalue weighted by Crippen LogP contribution is -2.57. The second-order valence-electron chi connectivity index (χ2n) is 5.29. The molecule has 0 aromatic rings. The predicted octanol–water partition coefficient (Wildman–Crippen LogP) is 0.411. The molecule has 5 heteroatoms. The molecule has 1 unspecified atom stereocenters. The molecular formula is C13H29N3O2. The number of esters is 1. The first-order valence-electron chi connectivity index (χ1n) is 6.52. The molecule has 0 bridgehead atoms. The van der Waals surface area contributed by atoms with Crippen molar-refractivity contribution in [2.45, 2.75) is 25.8 Å². The molecule has 0 saturated carbocycles. The molecule has 108 valence electrons. The van der Waals surface area contributed by atoms with Crippen molar-refractivity contribution in [3.05, 3.63) is 0 Å². The Labute approximate surface area is 111 Å². The van der Waals surface area contributed by atoms with Crippen molar-refractivity contribution in [3.8, 4) is 0 Å². The van der Waals surface area contributed by atoms with Crippen LogP contribution in [0.3, 0.4) is 0 Å². The molecule has 0 aliphatic carbocycles. The first-order chi connectivity index (χ1) is 8.35. The molecule has 5 nitrogen and oxygen atoms in total. The van der Waals surface area contributed by atoms with Crippen LogP contribution in [0.25, 0.3) is 0 Å². The van der Waals surface area contributed by atoms with Gasteiger partial charge in [-0.1, -0.05) is 6.92 Å². The van der Waals surface area contributed by atoms with Crippen LogP contribution in [0.4, 0.5) is 0 Å². The van der Waals surface area contributed by atoms with E-state index in [0.717, 1.165) is 26.1 Å². The lowest BCUT2D eigenvalue weighted by molar-refractivity contribution is -0.148. The molecule has 0 heterocycles. The number of carbonyl (C=O) groups is 1. The molecule has 1 N–H and O–H groups in total. The quantitative estimate of drug-likeness (QED) is 0.608. The Morgan fingerprint density at radius 3 is 2.33 bits per heavy atom. The lowest BCUT2D eigenvalue weighted by atomic mass is 10.0. The fraction of sp³-hybridized carbons (Fsp3) is 0.923. The molecule has 0 radical (unpaired) electrons. The van der Waals surface area contributed by atoms with Crippen molar-refractivity contribution in [2.75, 3.05) is 54.4 Å². The molecule has 0 spiro atoms. The maximum absolute atomic E-state index is 11.9. The maximum Gasteiger partial charge on any atom is 0.327 e. The lowest BCUT2D eigenvalue weighted by Gasteiger charge is -2.32. The Hall–Kier alpha value is -0.650. The first-order valence-corrected chi connectivity index (χ1v) is 6.52. The third kappa shape index (κ3) is 6.33. The van der Waals surface area contributed by atoms with Gasteiger partial charge in [0.05, 0.1) is 7.11 Å². The zero-order chi connectivity index (χ0) is 14.2. The molecule has 0 saturated heterocycles. The molecule has 0 amide bonds. The summed E-state index contributed by atoms with van der Waals surface area (Å²) in [4.78, 5) is 16.2. The van der Waals surface area contributed by atoms with Gasteiger partial charge in [-0.15, -0.1) is 0 Å². The Morgan fingerprint density at radius 2 is 1.89 bits per heavy atom. The molecule has 0 rings (SSSR count). The normalized spacial score (nSPS) is 14.9. The van der Waals surface area contributed by atoms with Crippen molar-refractivity contribution in [1.82, 2.24) is 15.1 Å². The summed E-state index contributed by atoms with van der Waals surface area (Å²) in [6.07, 6.45) is 0.994. The number of hydrogen-bond donors (Lipinski definition) is 1. The average molecular weight is 259 g/mol. The van der Waals surface area contributed by atoms with Crippen LogP contribution >= 0.6 is 0 Å². The summed E-state index contributed by atoms with van der Waals surface area (Å²) in [7, 11) is 7.55. The number of rotatable bonds is 9. The number of likely N-dealkylation sites (N-methyl/N-ethyl adjacent to an activating group) is 2. The zero-order valence-corrected chi connectivity index (χ0v) is 12.7. The van der Waals surface area contributed by atoms with E-state index in [1.54, 1.807) is 0 Å². The summed E-state index contributed by atoms with van der Waals surface area (Å²) in [6, 6.07) is 0. The molecular weight excluding hydrogens is 230 g/mol. The van der Waals surface area contributed by atoms with E-state index in [4.69, 9.17) is 4.74 Å². The van der Waals surface area contributed by atoms with Gasteiger partial charge >= 0.3 is 5.97 Å². The molecule has 0 aliphatic rings. The number of methoxy groups -OCH3 is 1. The smallest absolute Gasteiger partial charge is 0.327 e. The van der Waals surface area contributed by atoms with E-state index in [-0.39, 0.29) is 5.97 Å². The van der Waals surface area contributed by atoms with Crippen LogP contribution in [-0.4, -0.2) is 75.7 Å². The van der Waals surface area contributed by atoms with Crippen LogP contribution in [0.1, 0.15) is 20.3 Å². The van der Waals surface area contributed by atoms with Crippen molar-refractivity contribution in [3.63, 3.8) is 0 Å². The summed E-state index contributed by atoms with van der Waals surface area (Å²) >= 11 is 0. The minimum Gasteiger partial charge on any atom is -0.468 e. The highest BCUT2D eigenvalue weighted by molar-refractivity contribution is 5.80. The largest absolute Gasteiger partial charge is 0.468 e. The van der Waals surface area contributed by atoms with Gasteiger partial charge in [-0.3, -0.25) is 4.79 Å². The highest BCUT2D eigenvalue weighted by atomic mass is 16.5. The summed E-state index contributed by atoms with van der Waals surface area (Å²) in [5.74, 6) is -0.201. The summed E-state index contributed by atoms with van der Waals surface area (Å²) in [6.45, 7) is 7.34. The van der Waals surface area contributed by atoms with Gasteiger partial charge < -0.3 is 19.9 Å². The van der Waals surface area contributed by atoms with Crippen LogP contribution < -0.4 is 5.32 Å². The highest BCUT2D eigenvalue weighted by Gasteiger charge is 2.34. The number of hydrogen-bond acceptors (Lipinski definition) is 5. The van der Waals surface area contributed by atoms with Crippen LogP contribution in [0.2, 0.25) is 0 Å². The number of nitrogens with zero attached hydrogens (tertiary/aromatic N) is 2. The van der Waals surface area contributed by atoms with E-state index in [1.807, 2.05) is 28.1 Å². The zero-order valence-electron chi connectivity index (χ0n) is 12.7. The number of carbonyl (C=O) groups excluding carboxylic acids is 1. The van der Waals surface area contributed by atoms with E-state index in [1.165, 1.54) is 7.11 Å². The Balaban J connectivity index is 4.43. The van der Waals surface area contributed by atoms with Gasteiger partial charge in [-0.25, -0.2) is 0 Å². The third-order valence-electron chi connectivity index (χ3n) is 2.92. The number of ether oxygens (including phenoxy) is 1. The second-order valence-corrected chi connectivity index (χ2v) is 5.29. The van der Waals surface area contributed by atoms with Gasteiger partial charge in [0.25, 0.3) is 0 Å². The van der Waals surface area contributed by atoms with Gasteiger partial charge in [0.2, 0.25) is 0 Å². The molecule has 0 aromatic carbocycles. The average Bonchev–Trinajstić information content (AvgIpc) is 2.32. The third-order valence-corrected chi connectivity index (χ3v) is 2.92. The highest BCUT2D eigenvalue weighted by Crippen LogP contribution is 2.08. The van der Waals surface area contributed by atoms with E-state index in [0.29, 0.717) is 6.54 Å². The molecule has 0 fully saturated rings. The monoisotopic (exact) mass is 259 g/mol. The van der Waals surface area contributed by atoms with Crippen molar-refractivity contribution < 1.29 is 9.53 Å². The van der Waals surface area contributed by atoms with E-state index in [2.05, 4.69) is 22.0 Å². The molecule has 0 aromatic heterocycles. The van der Waals surface area contributed by atoms with E-state index < -0.39 is 5.54 Å². The molecule has 0 aliphatic heterocycles. The van der Waals surface area contributed by atoms with Crippen LogP contribution in [0.5, 0.6) is 0 Å². The van der Waals surface area contributed by atoms with Crippen LogP contribution in [0.15, 0.2) is 0 Å². The van der Waals surface area contributed by atoms with Crippen LogP contribution in [0, 0.1) is 0 Å². The second kappa shape index (κ2) is 8.45. The fourth-order valence-electron chi connectivity index (χ4n) is 1.81. The van der Waals surface area contributed by atoms with Gasteiger partial charge in [-0.2, -0.15) is 0 Å². The maximum atomic E-state index is 11.9. The predicted molar refractivity (Wildman–Crippen MR) is 74.8 cm³/mol. The summed E-state index contributed by atoms with van der Waals surface area (Å²) in [5.41, 5.74) is -0.633. The Kier molecular flexibility index (Phi) is 8.15. The SMILES string of the molecule is CCCNC(C)(CN(C)CCN(C)C)C(=O)OC. The minimum atomic E-state index is -0.633. The Bertz CT molecular complexity index is 246. The van der Waals surface area contributed by atoms with Crippen molar-refractivity contribution >= 4 is 5.97 Å². The van der Waals surface area contributed by atoms with E-state index >= 15 is 0 Å². The topological polar surface area (TPSA) is 44.8 Å². The van der Waals surface area contributed by atoms with Crippen molar-refractivity contribution in [1.29, 1.82) is 0 Å². The van der Waals surface area contributed by atoms with Gasteiger partial charge in [0.1, 0.15) is 5.54 Å². The summed E-state index contributed by atoms with van der Waals surface area (Å²) in [5, 5.41) is 3.29. The Morgan fingerprint density at radius 1 is 1.28 bits per heavy atom. The summed E-state index contributed by atoms with van der Waals surface area (Å²) < 4.78 is 4.90. The van der Waals surface area contributed by atoms with Crippen LogP contribution in [-0.2, 0) is 9.53 Å². The first kappa shape index (κ1) is 17.4. The fourth-order valence-corrected chi connectivity index (χ4v) is 1.81. The van der Waals surface area contributed by atoms with E-state index in [9.17, 15) is 4.79 Å². The minimum absolute atomic E-state index is 0.201. The van der Waals surface area contributed by atoms with Gasteiger partial charge in [0.15, 0.2) is 0 Å². The van der Waals surface area contributed by atoms with Gasteiger partial charge in [0, 0.05) is 19.6 Å². The number of nitrogens with one attached hydrogen (secondary N) is 1. The van der Waals surface area contributed by atoms with Crippen molar-refractivity contribution in [2.24, 2.45) is 0 Å². The van der Waals surface area contributed by atoms with Gasteiger partial charge in [-0.05, 0) is 41.0 Å².